The minimum Gasteiger partial charge on any atom is -0.482 e. The molecule has 9 heteroatoms. The molecule has 0 spiro atoms. The van der Waals surface area contributed by atoms with E-state index in [9.17, 15) is 14.0 Å². The first-order valence-corrected chi connectivity index (χ1v) is 7.90. The molecule has 0 unspecified atom stereocenters. The van der Waals surface area contributed by atoms with E-state index in [0.717, 1.165) is 0 Å². The maximum atomic E-state index is 13.3. The maximum Gasteiger partial charge on any atom is 0.411 e. The van der Waals surface area contributed by atoms with Crippen LogP contribution in [0.2, 0.25) is 0 Å². The van der Waals surface area contributed by atoms with Crippen LogP contribution < -0.4 is 20.5 Å². The van der Waals surface area contributed by atoms with Gasteiger partial charge >= 0.3 is 6.09 Å². The fourth-order valence-corrected chi connectivity index (χ4v) is 2.74. The van der Waals surface area contributed by atoms with Crippen molar-refractivity contribution in [2.24, 2.45) is 5.73 Å². The van der Waals surface area contributed by atoms with Gasteiger partial charge in [0.25, 0.3) is 5.91 Å². The second-order valence-corrected chi connectivity index (χ2v) is 5.72. The summed E-state index contributed by atoms with van der Waals surface area (Å²) in [5.41, 5.74) is 7.32. The van der Waals surface area contributed by atoms with Crippen LogP contribution in [0.4, 0.5) is 14.9 Å². The fourth-order valence-electron chi connectivity index (χ4n) is 2.74. The molecule has 2 aromatic carbocycles. The molecule has 0 saturated heterocycles. The summed E-state index contributed by atoms with van der Waals surface area (Å²) in [4.78, 5) is 22.6. The second-order valence-electron chi connectivity index (χ2n) is 5.72. The monoisotopic (exact) mass is 368 g/mol. The predicted octanol–water partition coefficient (Wildman–Crippen LogP) is 2.47. The number of rotatable bonds is 3. The van der Waals surface area contributed by atoms with Crippen LogP contribution in [0.3, 0.4) is 0 Å². The first kappa shape index (κ1) is 16.6. The summed E-state index contributed by atoms with van der Waals surface area (Å²) in [6.45, 7) is -0.0452. The molecule has 1 aromatic heterocycles. The lowest BCUT2D eigenvalue weighted by Crippen LogP contribution is -2.25. The van der Waals surface area contributed by atoms with Crippen LogP contribution in [0.5, 0.6) is 11.6 Å². The molecule has 2 heterocycles. The van der Waals surface area contributed by atoms with Crippen LogP contribution >= 0.6 is 0 Å². The SMILES string of the molecule is NC(=O)Oc1cc(-c2ccc3c(c2)NC(=O)CO3)n(-c2ccc(F)cc2)n1. The molecule has 0 saturated carbocycles. The van der Waals surface area contributed by atoms with Gasteiger partial charge in [0, 0.05) is 11.6 Å². The zero-order valence-corrected chi connectivity index (χ0v) is 13.8. The largest absolute Gasteiger partial charge is 0.482 e. The minimum atomic E-state index is -1.00. The molecule has 0 atom stereocenters. The van der Waals surface area contributed by atoms with E-state index >= 15 is 0 Å². The third-order valence-electron chi connectivity index (χ3n) is 3.87. The van der Waals surface area contributed by atoms with Gasteiger partial charge in [-0.05, 0) is 42.5 Å². The molecule has 4 rings (SSSR count). The Balaban J connectivity index is 1.82. The van der Waals surface area contributed by atoms with Crippen LogP contribution in [-0.4, -0.2) is 28.4 Å². The number of primary amides is 1. The Labute approximate surface area is 152 Å². The van der Waals surface area contributed by atoms with Gasteiger partial charge in [-0.2, -0.15) is 0 Å². The van der Waals surface area contributed by atoms with Gasteiger partial charge in [0.1, 0.15) is 11.6 Å². The Bertz CT molecular complexity index is 1050. The van der Waals surface area contributed by atoms with Crippen molar-refractivity contribution in [3.63, 3.8) is 0 Å². The summed E-state index contributed by atoms with van der Waals surface area (Å²) in [5.74, 6) is -0.126. The molecule has 1 aliphatic heterocycles. The quantitative estimate of drug-likeness (QED) is 0.738. The van der Waals surface area contributed by atoms with Crippen molar-refractivity contribution in [3.8, 4) is 28.6 Å². The summed E-state index contributed by atoms with van der Waals surface area (Å²) < 4.78 is 25.0. The summed E-state index contributed by atoms with van der Waals surface area (Å²) in [6, 6.07) is 12.3. The van der Waals surface area contributed by atoms with E-state index in [-0.39, 0.29) is 18.4 Å². The Morgan fingerprint density at radius 3 is 2.74 bits per heavy atom. The number of halogens is 1. The predicted molar refractivity (Wildman–Crippen MR) is 93.3 cm³/mol. The van der Waals surface area contributed by atoms with E-state index in [1.807, 2.05) is 0 Å². The highest BCUT2D eigenvalue weighted by Gasteiger charge is 2.19. The lowest BCUT2D eigenvalue weighted by molar-refractivity contribution is -0.118. The lowest BCUT2D eigenvalue weighted by Gasteiger charge is -2.18. The topological polar surface area (TPSA) is 108 Å². The Morgan fingerprint density at radius 1 is 1.22 bits per heavy atom. The highest BCUT2D eigenvalue weighted by Crippen LogP contribution is 2.34. The van der Waals surface area contributed by atoms with E-state index in [1.165, 1.54) is 35.0 Å². The van der Waals surface area contributed by atoms with Crippen molar-refractivity contribution in [2.75, 3.05) is 11.9 Å². The van der Waals surface area contributed by atoms with Gasteiger partial charge in [-0.3, -0.25) is 4.79 Å². The summed E-state index contributed by atoms with van der Waals surface area (Å²) in [7, 11) is 0. The van der Waals surface area contributed by atoms with Crippen molar-refractivity contribution in [1.82, 2.24) is 9.78 Å². The Hall–Kier alpha value is -3.88. The first-order chi connectivity index (χ1) is 13.0. The molecule has 0 bridgehead atoms. The summed E-state index contributed by atoms with van der Waals surface area (Å²) in [5, 5.41) is 6.93. The number of carbonyl (C=O) groups excluding carboxylic acids is 2. The average Bonchev–Trinajstić information content (AvgIpc) is 3.04. The number of nitrogens with one attached hydrogen (secondary N) is 1. The number of amides is 2. The van der Waals surface area contributed by atoms with Crippen LogP contribution in [0.1, 0.15) is 0 Å². The maximum absolute atomic E-state index is 13.3. The van der Waals surface area contributed by atoms with E-state index < -0.39 is 11.9 Å². The van der Waals surface area contributed by atoms with Crippen molar-refractivity contribution in [1.29, 1.82) is 0 Å². The van der Waals surface area contributed by atoms with Crippen LogP contribution in [0.15, 0.2) is 48.5 Å². The number of hydrogen-bond donors (Lipinski definition) is 2. The first-order valence-electron chi connectivity index (χ1n) is 7.90. The second kappa shape index (κ2) is 6.45. The van der Waals surface area contributed by atoms with Gasteiger partial charge in [-0.1, -0.05) is 0 Å². The Morgan fingerprint density at radius 2 is 2.00 bits per heavy atom. The third-order valence-corrected chi connectivity index (χ3v) is 3.87. The highest BCUT2D eigenvalue weighted by atomic mass is 19.1. The zero-order chi connectivity index (χ0) is 19.0. The Kier molecular flexibility index (Phi) is 3.96. The van der Waals surface area contributed by atoms with Crippen LogP contribution in [0, 0.1) is 5.82 Å². The number of nitrogens with zero attached hydrogens (tertiary/aromatic N) is 2. The number of aromatic nitrogens is 2. The molecule has 3 aromatic rings. The van der Waals surface area contributed by atoms with Crippen molar-refractivity contribution in [2.45, 2.75) is 0 Å². The van der Waals surface area contributed by atoms with Crippen LogP contribution in [0.25, 0.3) is 16.9 Å². The number of ether oxygens (including phenoxy) is 2. The van der Waals surface area contributed by atoms with Crippen molar-refractivity contribution in [3.05, 3.63) is 54.3 Å². The number of hydrogen-bond acceptors (Lipinski definition) is 5. The minimum absolute atomic E-state index is 0.0140. The molecule has 136 valence electrons. The van der Waals surface area contributed by atoms with E-state index in [1.54, 1.807) is 18.2 Å². The van der Waals surface area contributed by atoms with Crippen molar-refractivity contribution >= 4 is 17.7 Å². The molecule has 2 amide bonds. The lowest BCUT2D eigenvalue weighted by atomic mass is 10.1. The van der Waals surface area contributed by atoms with Crippen molar-refractivity contribution < 1.29 is 23.5 Å². The van der Waals surface area contributed by atoms with E-state index in [4.69, 9.17) is 15.2 Å². The molecule has 1 aliphatic rings. The molecular weight excluding hydrogens is 355 g/mol. The molecule has 0 radical (unpaired) electrons. The molecule has 27 heavy (non-hydrogen) atoms. The summed E-state index contributed by atoms with van der Waals surface area (Å²) in [6.07, 6.45) is -1.00. The van der Waals surface area contributed by atoms with Gasteiger partial charge in [-0.15, -0.1) is 5.10 Å². The van der Waals surface area contributed by atoms with Crippen LogP contribution in [-0.2, 0) is 4.79 Å². The van der Waals surface area contributed by atoms with Gasteiger partial charge in [-0.25, -0.2) is 13.9 Å². The number of anilines is 1. The molecule has 3 N–H and O–H groups in total. The molecule has 8 nitrogen and oxygen atoms in total. The van der Waals surface area contributed by atoms with Gasteiger partial charge in [0.05, 0.1) is 17.1 Å². The number of nitrogens with two attached hydrogens (primary N) is 1. The van der Waals surface area contributed by atoms with E-state index in [0.29, 0.717) is 28.4 Å². The number of fused-ring (bicyclic) bond motifs is 1. The van der Waals surface area contributed by atoms with Gasteiger partial charge in [0.15, 0.2) is 6.61 Å². The number of benzene rings is 2. The summed E-state index contributed by atoms with van der Waals surface area (Å²) >= 11 is 0. The average molecular weight is 368 g/mol. The molecule has 0 fully saturated rings. The molecular formula is C18H13FN4O4. The number of carbonyl (C=O) groups is 2. The van der Waals surface area contributed by atoms with Gasteiger partial charge < -0.3 is 20.5 Å². The van der Waals surface area contributed by atoms with Gasteiger partial charge in [0.2, 0.25) is 5.88 Å². The van der Waals surface area contributed by atoms with E-state index in [2.05, 4.69) is 10.4 Å². The smallest absolute Gasteiger partial charge is 0.411 e. The molecule has 0 aliphatic carbocycles. The third kappa shape index (κ3) is 3.30. The fraction of sp³-hybridized carbons (Fsp3) is 0.0556. The standard InChI is InChI=1S/C18H13FN4O4/c19-11-2-4-12(5-3-11)23-14(8-17(22-23)27-18(20)25)10-1-6-15-13(7-10)21-16(24)9-26-15/h1-8H,9H2,(H2,20,25)(H,21,24). The normalized spacial score (nSPS) is 12.7. The highest BCUT2D eigenvalue weighted by molar-refractivity contribution is 5.96. The zero-order valence-electron chi connectivity index (χ0n) is 13.8.